The van der Waals surface area contributed by atoms with E-state index in [9.17, 15) is 5.26 Å². The average Bonchev–Trinajstić information content (AvgIpc) is 3.08. The summed E-state index contributed by atoms with van der Waals surface area (Å²) >= 11 is 0. The van der Waals surface area contributed by atoms with Crippen molar-refractivity contribution in [3.8, 4) is 28.6 Å². The van der Waals surface area contributed by atoms with Gasteiger partial charge in [0.05, 0.1) is 5.69 Å². The van der Waals surface area contributed by atoms with Crippen LogP contribution < -0.4 is 5.73 Å². The van der Waals surface area contributed by atoms with Crippen LogP contribution in [0.1, 0.15) is 25.0 Å². The molecule has 3 aromatic rings. The highest BCUT2D eigenvalue weighted by molar-refractivity contribution is 5.78. The van der Waals surface area contributed by atoms with E-state index >= 15 is 0 Å². The van der Waals surface area contributed by atoms with Crippen LogP contribution in [0.5, 0.6) is 0 Å². The Hall–Kier alpha value is -3.06. The van der Waals surface area contributed by atoms with E-state index in [1.807, 2.05) is 24.4 Å². The fourth-order valence-corrected chi connectivity index (χ4v) is 2.82. The van der Waals surface area contributed by atoms with Crippen molar-refractivity contribution in [1.29, 1.82) is 5.26 Å². The summed E-state index contributed by atoms with van der Waals surface area (Å²) in [5.74, 6) is 0.880. The van der Waals surface area contributed by atoms with Crippen molar-refractivity contribution in [1.82, 2.24) is 9.97 Å². The Labute approximate surface area is 142 Å². The van der Waals surface area contributed by atoms with E-state index in [1.165, 1.54) is 5.56 Å². The van der Waals surface area contributed by atoms with Crippen molar-refractivity contribution in [2.75, 3.05) is 5.73 Å². The van der Waals surface area contributed by atoms with Crippen molar-refractivity contribution in [2.24, 2.45) is 5.92 Å². The predicted molar refractivity (Wildman–Crippen MR) is 97.1 cm³/mol. The lowest BCUT2D eigenvalue weighted by atomic mass is 9.99. The van der Waals surface area contributed by atoms with Crippen molar-refractivity contribution in [2.45, 2.75) is 20.3 Å². The van der Waals surface area contributed by atoms with E-state index in [4.69, 9.17) is 5.73 Å². The van der Waals surface area contributed by atoms with Gasteiger partial charge in [-0.1, -0.05) is 38.1 Å². The van der Waals surface area contributed by atoms with E-state index in [1.54, 1.807) is 0 Å². The summed E-state index contributed by atoms with van der Waals surface area (Å²) in [6.07, 6.45) is 2.88. The van der Waals surface area contributed by atoms with Crippen LogP contribution in [-0.4, -0.2) is 9.97 Å². The Morgan fingerprint density at radius 3 is 2.54 bits per heavy atom. The topological polar surface area (TPSA) is 78.5 Å². The number of H-pyrrole nitrogens is 1. The number of anilines is 1. The number of aromatic amines is 1. The maximum Gasteiger partial charge on any atom is 0.142 e. The minimum atomic E-state index is 0.255. The maximum absolute atomic E-state index is 9.40. The zero-order valence-electron chi connectivity index (χ0n) is 13.9. The first-order valence-corrected chi connectivity index (χ1v) is 8.02. The molecule has 0 saturated heterocycles. The van der Waals surface area contributed by atoms with Crippen LogP contribution in [0, 0.1) is 17.2 Å². The van der Waals surface area contributed by atoms with Crippen LogP contribution in [0.4, 0.5) is 5.82 Å². The van der Waals surface area contributed by atoms with Crippen LogP contribution in [0.15, 0.2) is 48.7 Å². The van der Waals surface area contributed by atoms with Crippen LogP contribution >= 0.6 is 0 Å². The summed E-state index contributed by atoms with van der Waals surface area (Å²) in [7, 11) is 0. The molecule has 4 heteroatoms. The standard InChI is InChI=1S/C20H20N4/c1-13(2)10-14-5-7-15(8-6-14)19-11-16(18-4-3-9-23-18)17(12-21)20(22)24-19/h3-9,11,13,23H,10H2,1-2H3,(H2,22,24). The number of rotatable bonds is 4. The molecule has 1 aromatic carbocycles. The van der Waals surface area contributed by atoms with Crippen LogP contribution in [-0.2, 0) is 6.42 Å². The van der Waals surface area contributed by atoms with Gasteiger partial charge in [0.2, 0.25) is 0 Å². The Kier molecular flexibility index (Phi) is 4.35. The molecule has 0 atom stereocenters. The first-order chi connectivity index (χ1) is 11.6. The van der Waals surface area contributed by atoms with E-state index in [0.717, 1.165) is 28.9 Å². The quantitative estimate of drug-likeness (QED) is 0.749. The normalized spacial score (nSPS) is 10.8. The molecule has 3 N–H and O–H groups in total. The van der Waals surface area contributed by atoms with Gasteiger partial charge in [-0.2, -0.15) is 5.26 Å². The summed E-state index contributed by atoms with van der Waals surface area (Å²) in [6.45, 7) is 4.42. The second kappa shape index (κ2) is 6.59. The van der Waals surface area contributed by atoms with Gasteiger partial charge in [-0.25, -0.2) is 4.98 Å². The molecule has 24 heavy (non-hydrogen) atoms. The minimum Gasteiger partial charge on any atom is -0.383 e. The Balaban J connectivity index is 2.04. The van der Waals surface area contributed by atoms with Gasteiger partial charge in [0.15, 0.2) is 0 Å². The molecule has 0 saturated carbocycles. The van der Waals surface area contributed by atoms with Crippen molar-refractivity contribution in [3.63, 3.8) is 0 Å². The molecule has 0 fully saturated rings. The summed E-state index contributed by atoms with van der Waals surface area (Å²) in [6, 6.07) is 16.3. The van der Waals surface area contributed by atoms with Gasteiger partial charge >= 0.3 is 0 Å². The number of nitrogens with two attached hydrogens (primary N) is 1. The SMILES string of the molecule is CC(C)Cc1ccc(-c2cc(-c3ccc[nH]3)c(C#N)c(N)n2)cc1. The largest absolute Gasteiger partial charge is 0.383 e. The summed E-state index contributed by atoms with van der Waals surface area (Å²) < 4.78 is 0. The predicted octanol–water partition coefficient (Wildman–Crippen LogP) is 4.40. The molecule has 0 unspecified atom stereocenters. The number of hydrogen-bond acceptors (Lipinski definition) is 3. The molecule has 0 aliphatic carbocycles. The first kappa shape index (κ1) is 15.8. The summed E-state index contributed by atoms with van der Waals surface area (Å²) in [4.78, 5) is 7.55. The number of nitrogens with zero attached hydrogens (tertiary/aromatic N) is 2. The molecule has 120 valence electrons. The van der Waals surface area contributed by atoms with Gasteiger partial charge in [0.1, 0.15) is 17.5 Å². The molecule has 0 amide bonds. The second-order valence-electron chi connectivity index (χ2n) is 6.31. The van der Waals surface area contributed by atoms with Gasteiger partial charge in [-0.15, -0.1) is 0 Å². The summed E-state index contributed by atoms with van der Waals surface area (Å²) in [5, 5.41) is 9.40. The highest BCUT2D eigenvalue weighted by atomic mass is 14.9. The molecule has 2 heterocycles. The van der Waals surface area contributed by atoms with Crippen molar-refractivity contribution < 1.29 is 0 Å². The van der Waals surface area contributed by atoms with Gasteiger partial charge in [0.25, 0.3) is 0 Å². The Morgan fingerprint density at radius 1 is 1.21 bits per heavy atom. The van der Waals surface area contributed by atoms with E-state index < -0.39 is 0 Å². The highest BCUT2D eigenvalue weighted by Gasteiger charge is 2.14. The zero-order valence-corrected chi connectivity index (χ0v) is 13.9. The molecule has 4 nitrogen and oxygen atoms in total. The molecule has 0 aliphatic rings. The number of hydrogen-bond donors (Lipinski definition) is 2. The van der Waals surface area contributed by atoms with Gasteiger partial charge in [-0.05, 0) is 36.1 Å². The molecule has 0 bridgehead atoms. The molecular formula is C20H20N4. The first-order valence-electron chi connectivity index (χ1n) is 8.02. The molecule has 0 aliphatic heterocycles. The van der Waals surface area contributed by atoms with Crippen molar-refractivity contribution in [3.05, 3.63) is 59.8 Å². The molecule has 0 spiro atoms. The molecule has 3 rings (SSSR count). The number of nitriles is 1. The molecule has 0 radical (unpaired) electrons. The number of pyridine rings is 1. The van der Waals surface area contributed by atoms with Gasteiger partial charge < -0.3 is 10.7 Å². The molecular weight excluding hydrogens is 296 g/mol. The molecule has 2 aromatic heterocycles. The monoisotopic (exact) mass is 316 g/mol. The van der Waals surface area contributed by atoms with Crippen LogP contribution in [0.3, 0.4) is 0 Å². The average molecular weight is 316 g/mol. The maximum atomic E-state index is 9.40. The lowest BCUT2D eigenvalue weighted by molar-refractivity contribution is 0.647. The van der Waals surface area contributed by atoms with Crippen molar-refractivity contribution >= 4 is 5.82 Å². The minimum absolute atomic E-state index is 0.255. The second-order valence-corrected chi connectivity index (χ2v) is 6.31. The van der Waals surface area contributed by atoms with E-state index in [-0.39, 0.29) is 5.82 Å². The van der Waals surface area contributed by atoms with E-state index in [0.29, 0.717) is 11.5 Å². The highest BCUT2D eigenvalue weighted by Crippen LogP contribution is 2.30. The number of benzene rings is 1. The lowest BCUT2D eigenvalue weighted by Crippen LogP contribution is -2.00. The third-order valence-corrected chi connectivity index (χ3v) is 3.94. The van der Waals surface area contributed by atoms with E-state index in [2.05, 4.69) is 54.2 Å². The smallest absolute Gasteiger partial charge is 0.142 e. The summed E-state index contributed by atoms with van der Waals surface area (Å²) in [5.41, 5.74) is 11.1. The third-order valence-electron chi connectivity index (χ3n) is 3.94. The fourth-order valence-electron chi connectivity index (χ4n) is 2.82. The Bertz CT molecular complexity index is 869. The third kappa shape index (κ3) is 3.16. The van der Waals surface area contributed by atoms with Gasteiger partial charge in [-0.3, -0.25) is 0 Å². The zero-order chi connectivity index (χ0) is 17.1. The van der Waals surface area contributed by atoms with Crippen LogP contribution in [0.2, 0.25) is 0 Å². The number of nitrogens with one attached hydrogen (secondary N) is 1. The van der Waals surface area contributed by atoms with Gasteiger partial charge in [0, 0.05) is 23.0 Å². The number of nitrogen functional groups attached to an aromatic ring is 1. The Morgan fingerprint density at radius 2 is 1.96 bits per heavy atom. The lowest BCUT2D eigenvalue weighted by Gasteiger charge is -2.10. The fraction of sp³-hybridized carbons (Fsp3) is 0.200. The van der Waals surface area contributed by atoms with Crippen LogP contribution in [0.25, 0.3) is 22.5 Å². The number of aromatic nitrogens is 2.